The molecule has 3 heterocycles. The second kappa shape index (κ2) is 5.37. The molecule has 0 saturated carbocycles. The van der Waals surface area contributed by atoms with Gasteiger partial charge in [-0.3, -0.25) is 14.5 Å². The summed E-state index contributed by atoms with van der Waals surface area (Å²) in [6.07, 6.45) is 1.60. The first-order valence-electron chi connectivity index (χ1n) is 7.76. The summed E-state index contributed by atoms with van der Waals surface area (Å²) in [5, 5.41) is 15.2. The summed E-state index contributed by atoms with van der Waals surface area (Å²) in [5.41, 5.74) is -0.276. The van der Waals surface area contributed by atoms with Gasteiger partial charge in [0, 0.05) is 25.0 Å². The Morgan fingerprint density at radius 1 is 1.28 bits per heavy atom. The standard InChI is InChI=1S/C17H16N4O4/c1-19-12-4-3-10(25-2)9-11(12)15(22)14(16(19)23)17(24)20-7-8-21-13(20)5-6-18-21/h3-6,9,22H,7-8H2,1-2H3. The predicted octanol–water partition coefficient (Wildman–Crippen LogP) is 1.11. The van der Waals surface area contributed by atoms with Gasteiger partial charge < -0.3 is 14.4 Å². The van der Waals surface area contributed by atoms with Crippen molar-refractivity contribution in [2.45, 2.75) is 6.54 Å². The van der Waals surface area contributed by atoms with E-state index in [0.717, 1.165) is 0 Å². The van der Waals surface area contributed by atoms with E-state index in [1.807, 2.05) is 0 Å². The molecule has 0 atom stereocenters. The smallest absolute Gasteiger partial charge is 0.268 e. The van der Waals surface area contributed by atoms with Crippen molar-refractivity contribution in [2.24, 2.45) is 7.05 Å². The number of nitrogens with zero attached hydrogens (tertiary/aromatic N) is 4. The van der Waals surface area contributed by atoms with Crippen LogP contribution in [0.5, 0.6) is 11.5 Å². The molecule has 0 saturated heterocycles. The molecule has 8 heteroatoms. The molecule has 0 fully saturated rings. The highest BCUT2D eigenvalue weighted by atomic mass is 16.5. The third kappa shape index (κ3) is 2.10. The molecular formula is C17H16N4O4. The van der Waals surface area contributed by atoms with Crippen molar-refractivity contribution in [1.29, 1.82) is 0 Å². The van der Waals surface area contributed by atoms with Crippen LogP contribution in [0.1, 0.15) is 10.4 Å². The van der Waals surface area contributed by atoms with Crippen molar-refractivity contribution in [1.82, 2.24) is 14.3 Å². The van der Waals surface area contributed by atoms with Crippen molar-refractivity contribution < 1.29 is 14.6 Å². The average Bonchev–Trinajstić information content (AvgIpc) is 3.22. The van der Waals surface area contributed by atoms with E-state index in [2.05, 4.69) is 5.10 Å². The fraction of sp³-hybridized carbons (Fsp3) is 0.235. The lowest BCUT2D eigenvalue weighted by Crippen LogP contribution is -2.35. The van der Waals surface area contributed by atoms with E-state index in [1.54, 1.807) is 42.2 Å². The van der Waals surface area contributed by atoms with E-state index in [0.29, 0.717) is 35.6 Å². The number of hydrogen-bond donors (Lipinski definition) is 1. The van der Waals surface area contributed by atoms with Gasteiger partial charge in [-0.05, 0) is 18.2 Å². The van der Waals surface area contributed by atoms with Gasteiger partial charge in [-0.25, -0.2) is 4.68 Å². The lowest BCUT2D eigenvalue weighted by Gasteiger charge is -2.17. The van der Waals surface area contributed by atoms with Crippen LogP contribution in [-0.4, -0.2) is 39.0 Å². The monoisotopic (exact) mass is 340 g/mol. The first-order valence-corrected chi connectivity index (χ1v) is 7.76. The normalized spacial score (nSPS) is 13.3. The van der Waals surface area contributed by atoms with Crippen molar-refractivity contribution in [3.63, 3.8) is 0 Å². The molecule has 1 amide bonds. The number of amides is 1. The highest BCUT2D eigenvalue weighted by Gasteiger charge is 2.31. The van der Waals surface area contributed by atoms with Gasteiger partial charge in [-0.15, -0.1) is 0 Å². The Balaban J connectivity index is 1.93. The molecule has 0 aliphatic carbocycles. The molecule has 0 radical (unpaired) electrons. The van der Waals surface area contributed by atoms with E-state index in [4.69, 9.17) is 4.74 Å². The second-order valence-electron chi connectivity index (χ2n) is 5.84. The predicted molar refractivity (Wildman–Crippen MR) is 91.3 cm³/mol. The van der Waals surface area contributed by atoms with Gasteiger partial charge in [0.2, 0.25) is 0 Å². The first-order chi connectivity index (χ1) is 12.0. The zero-order valence-corrected chi connectivity index (χ0v) is 13.8. The number of aromatic hydroxyl groups is 1. The highest BCUT2D eigenvalue weighted by molar-refractivity contribution is 6.10. The minimum absolute atomic E-state index is 0.252. The van der Waals surface area contributed by atoms with Gasteiger partial charge >= 0.3 is 0 Å². The molecule has 1 aromatic carbocycles. The minimum atomic E-state index is -0.543. The Labute approximate surface area is 142 Å². The number of anilines is 1. The van der Waals surface area contributed by atoms with Gasteiger partial charge in [0.05, 0.1) is 25.4 Å². The number of pyridine rings is 1. The van der Waals surface area contributed by atoms with Crippen LogP contribution in [0.25, 0.3) is 10.9 Å². The summed E-state index contributed by atoms with van der Waals surface area (Å²) in [6.45, 7) is 0.956. The molecule has 1 N–H and O–H groups in total. The largest absolute Gasteiger partial charge is 0.506 e. The SMILES string of the molecule is COc1ccc2c(c1)c(O)c(C(=O)N1CCn3nccc31)c(=O)n2C. The number of aromatic nitrogens is 3. The van der Waals surface area contributed by atoms with E-state index >= 15 is 0 Å². The van der Waals surface area contributed by atoms with Gasteiger partial charge in [0.1, 0.15) is 22.9 Å². The fourth-order valence-corrected chi connectivity index (χ4v) is 3.21. The van der Waals surface area contributed by atoms with Gasteiger partial charge in [0.25, 0.3) is 11.5 Å². The van der Waals surface area contributed by atoms with Crippen LogP contribution in [0.2, 0.25) is 0 Å². The molecule has 3 aromatic rings. The van der Waals surface area contributed by atoms with E-state index in [-0.39, 0.29) is 11.3 Å². The lowest BCUT2D eigenvalue weighted by molar-refractivity contribution is 0.0985. The highest BCUT2D eigenvalue weighted by Crippen LogP contribution is 2.31. The van der Waals surface area contributed by atoms with Crippen LogP contribution >= 0.6 is 0 Å². The molecule has 0 bridgehead atoms. The van der Waals surface area contributed by atoms with Crippen LogP contribution in [0.3, 0.4) is 0 Å². The van der Waals surface area contributed by atoms with E-state index < -0.39 is 11.5 Å². The molecule has 2 aromatic heterocycles. The Kier molecular flexibility index (Phi) is 3.28. The van der Waals surface area contributed by atoms with Crippen LogP contribution < -0.4 is 15.2 Å². The average molecular weight is 340 g/mol. The maximum absolute atomic E-state index is 13.0. The number of rotatable bonds is 2. The number of ether oxygens (including phenoxy) is 1. The molecular weight excluding hydrogens is 324 g/mol. The molecule has 1 aliphatic heterocycles. The number of benzene rings is 1. The molecule has 128 valence electrons. The van der Waals surface area contributed by atoms with Gasteiger partial charge in [0.15, 0.2) is 0 Å². The molecule has 0 spiro atoms. The third-order valence-corrected chi connectivity index (χ3v) is 4.54. The maximum Gasteiger partial charge on any atom is 0.268 e. The number of aryl methyl sites for hydroxylation is 1. The Bertz CT molecular complexity index is 1070. The number of carbonyl (C=O) groups excluding carboxylic acids is 1. The Hall–Kier alpha value is -3.29. The second-order valence-corrected chi connectivity index (χ2v) is 5.84. The fourth-order valence-electron chi connectivity index (χ4n) is 3.21. The quantitative estimate of drug-likeness (QED) is 0.755. The molecule has 4 rings (SSSR count). The number of hydrogen-bond acceptors (Lipinski definition) is 5. The Morgan fingerprint density at radius 3 is 2.84 bits per heavy atom. The van der Waals surface area contributed by atoms with Crippen LogP contribution in [0.15, 0.2) is 35.3 Å². The summed E-state index contributed by atoms with van der Waals surface area (Å²) in [5.74, 6) is 0.262. The maximum atomic E-state index is 13.0. The van der Waals surface area contributed by atoms with Crippen molar-refractivity contribution in [3.8, 4) is 11.5 Å². The summed E-state index contributed by atoms with van der Waals surface area (Å²) in [7, 11) is 3.08. The zero-order valence-electron chi connectivity index (χ0n) is 13.8. The van der Waals surface area contributed by atoms with Crippen LogP contribution in [0.4, 0.5) is 5.82 Å². The molecule has 0 unspecified atom stereocenters. The third-order valence-electron chi connectivity index (χ3n) is 4.54. The minimum Gasteiger partial charge on any atom is -0.506 e. The molecule has 1 aliphatic rings. The lowest BCUT2D eigenvalue weighted by atomic mass is 10.1. The topological polar surface area (TPSA) is 89.6 Å². The van der Waals surface area contributed by atoms with E-state index in [9.17, 15) is 14.7 Å². The number of fused-ring (bicyclic) bond motifs is 2. The van der Waals surface area contributed by atoms with Crippen LogP contribution in [-0.2, 0) is 13.6 Å². The van der Waals surface area contributed by atoms with Crippen LogP contribution in [0, 0.1) is 0 Å². The number of carbonyl (C=O) groups is 1. The summed E-state index contributed by atoms with van der Waals surface area (Å²) in [6, 6.07) is 6.68. The van der Waals surface area contributed by atoms with Crippen molar-refractivity contribution in [3.05, 3.63) is 46.4 Å². The Morgan fingerprint density at radius 2 is 2.08 bits per heavy atom. The summed E-state index contributed by atoms with van der Waals surface area (Å²) in [4.78, 5) is 27.1. The van der Waals surface area contributed by atoms with Crippen molar-refractivity contribution >= 4 is 22.6 Å². The molecule has 25 heavy (non-hydrogen) atoms. The van der Waals surface area contributed by atoms with Gasteiger partial charge in [-0.1, -0.05) is 0 Å². The van der Waals surface area contributed by atoms with Crippen molar-refractivity contribution in [2.75, 3.05) is 18.6 Å². The zero-order chi connectivity index (χ0) is 17.7. The van der Waals surface area contributed by atoms with E-state index in [1.165, 1.54) is 16.6 Å². The molecule has 8 nitrogen and oxygen atoms in total. The summed E-state index contributed by atoms with van der Waals surface area (Å²) >= 11 is 0. The first kappa shape index (κ1) is 15.3. The summed E-state index contributed by atoms with van der Waals surface area (Å²) < 4.78 is 8.22. The van der Waals surface area contributed by atoms with Gasteiger partial charge in [-0.2, -0.15) is 5.10 Å². The number of methoxy groups -OCH3 is 1.